The lowest BCUT2D eigenvalue weighted by atomic mass is 10.2. The van der Waals surface area contributed by atoms with Crippen molar-refractivity contribution in [2.24, 2.45) is 0 Å². The van der Waals surface area contributed by atoms with Crippen molar-refractivity contribution in [3.8, 4) is 0 Å². The summed E-state index contributed by atoms with van der Waals surface area (Å²) in [7, 11) is 0. The van der Waals surface area contributed by atoms with Crippen molar-refractivity contribution >= 4 is 5.91 Å². The van der Waals surface area contributed by atoms with Gasteiger partial charge < -0.3 is 4.90 Å². The molecule has 0 aromatic rings. The number of hydrogen-bond donors (Lipinski definition) is 0. The largest absolute Gasteiger partial charge is 0.336 e. The predicted octanol–water partition coefficient (Wildman–Crippen LogP) is 3.32. The van der Waals surface area contributed by atoms with Crippen molar-refractivity contribution in [1.29, 1.82) is 0 Å². The molecule has 0 rings (SSSR count). The smallest absolute Gasteiger partial charge is 0.220 e. The number of carbonyl (C=O) groups is 1. The molecule has 0 unspecified atom stereocenters. The standard InChI is InChI=1S/C14H23NO/c1-4-6-7-8-9-10-11-13-15(12-5-2)14(3)16/h5-7,10-11H,2,4,8-9,12-13H2,1,3H3/b7-6-,11-10+. The molecule has 0 aliphatic rings. The minimum atomic E-state index is 0.0930. The molecule has 0 aliphatic carbocycles. The van der Waals surface area contributed by atoms with Gasteiger partial charge in [-0.25, -0.2) is 0 Å². The fraction of sp³-hybridized carbons (Fsp3) is 0.500. The van der Waals surface area contributed by atoms with Crippen LogP contribution in [0.4, 0.5) is 0 Å². The van der Waals surface area contributed by atoms with Crippen LogP contribution in [-0.4, -0.2) is 23.9 Å². The molecule has 0 atom stereocenters. The summed E-state index contributed by atoms with van der Waals surface area (Å²) < 4.78 is 0. The quantitative estimate of drug-likeness (QED) is 0.455. The Morgan fingerprint density at radius 2 is 1.75 bits per heavy atom. The fourth-order valence-electron chi connectivity index (χ4n) is 1.28. The van der Waals surface area contributed by atoms with Gasteiger partial charge in [0, 0.05) is 20.0 Å². The van der Waals surface area contributed by atoms with Crippen molar-refractivity contribution in [3.63, 3.8) is 0 Å². The molecule has 1 amide bonds. The maximum absolute atomic E-state index is 11.2. The van der Waals surface area contributed by atoms with Gasteiger partial charge in [-0.05, 0) is 19.3 Å². The normalized spacial score (nSPS) is 11.1. The molecule has 0 bridgehead atoms. The van der Waals surface area contributed by atoms with Crippen molar-refractivity contribution in [2.75, 3.05) is 13.1 Å². The Kier molecular flexibility index (Phi) is 9.38. The predicted molar refractivity (Wildman–Crippen MR) is 70.3 cm³/mol. The van der Waals surface area contributed by atoms with Gasteiger partial charge in [0.15, 0.2) is 0 Å². The maximum atomic E-state index is 11.2. The molecule has 0 N–H and O–H groups in total. The summed E-state index contributed by atoms with van der Waals surface area (Å²) >= 11 is 0. The molecular formula is C14H23NO. The maximum Gasteiger partial charge on any atom is 0.220 e. The molecule has 0 radical (unpaired) electrons. The monoisotopic (exact) mass is 221 g/mol. The van der Waals surface area contributed by atoms with Crippen LogP contribution in [0.1, 0.15) is 33.1 Å². The summed E-state index contributed by atoms with van der Waals surface area (Å²) in [5.74, 6) is 0.0930. The summed E-state index contributed by atoms with van der Waals surface area (Å²) in [6.45, 7) is 8.65. The van der Waals surface area contributed by atoms with Crippen molar-refractivity contribution in [2.45, 2.75) is 33.1 Å². The summed E-state index contributed by atoms with van der Waals surface area (Å²) in [6.07, 6.45) is 13.5. The highest BCUT2D eigenvalue weighted by Gasteiger charge is 2.02. The van der Waals surface area contributed by atoms with Crippen LogP contribution in [0.15, 0.2) is 37.0 Å². The zero-order chi connectivity index (χ0) is 12.2. The first kappa shape index (κ1) is 14.7. The van der Waals surface area contributed by atoms with Gasteiger partial charge in [-0.3, -0.25) is 4.79 Å². The Balaban J connectivity index is 3.74. The second-order valence-electron chi connectivity index (χ2n) is 3.64. The SMILES string of the molecule is C=CCN(C/C=C/CC/C=C\CC)C(C)=O. The van der Waals surface area contributed by atoms with Gasteiger partial charge in [-0.2, -0.15) is 0 Å². The first-order valence-electron chi connectivity index (χ1n) is 5.88. The number of amides is 1. The van der Waals surface area contributed by atoms with Gasteiger partial charge in [0.2, 0.25) is 5.91 Å². The number of hydrogen-bond acceptors (Lipinski definition) is 1. The van der Waals surface area contributed by atoms with Crippen LogP contribution in [0, 0.1) is 0 Å². The van der Waals surface area contributed by atoms with E-state index < -0.39 is 0 Å². The fourth-order valence-corrected chi connectivity index (χ4v) is 1.28. The van der Waals surface area contributed by atoms with Crippen molar-refractivity contribution in [3.05, 3.63) is 37.0 Å². The highest BCUT2D eigenvalue weighted by Crippen LogP contribution is 1.96. The number of unbranched alkanes of at least 4 members (excludes halogenated alkanes) is 1. The molecule has 0 saturated heterocycles. The highest BCUT2D eigenvalue weighted by atomic mass is 16.2. The van der Waals surface area contributed by atoms with E-state index in [-0.39, 0.29) is 5.91 Å². The van der Waals surface area contributed by atoms with Crippen LogP contribution in [0.3, 0.4) is 0 Å². The zero-order valence-electron chi connectivity index (χ0n) is 10.5. The summed E-state index contributed by atoms with van der Waals surface area (Å²) in [5, 5.41) is 0. The number of rotatable bonds is 8. The van der Waals surface area contributed by atoms with Crippen LogP contribution < -0.4 is 0 Å². The van der Waals surface area contributed by atoms with E-state index in [1.54, 1.807) is 17.9 Å². The Morgan fingerprint density at radius 1 is 1.12 bits per heavy atom. The van der Waals surface area contributed by atoms with Gasteiger partial charge in [0.25, 0.3) is 0 Å². The molecule has 0 aromatic heterocycles. The van der Waals surface area contributed by atoms with Gasteiger partial charge in [-0.1, -0.05) is 37.3 Å². The van der Waals surface area contributed by atoms with Crippen LogP contribution in [0.2, 0.25) is 0 Å². The topological polar surface area (TPSA) is 20.3 Å². The van der Waals surface area contributed by atoms with Gasteiger partial charge in [0.1, 0.15) is 0 Å². The first-order valence-corrected chi connectivity index (χ1v) is 5.88. The molecule has 2 nitrogen and oxygen atoms in total. The third-order valence-corrected chi connectivity index (χ3v) is 2.19. The Morgan fingerprint density at radius 3 is 2.25 bits per heavy atom. The summed E-state index contributed by atoms with van der Waals surface area (Å²) in [5.41, 5.74) is 0. The molecule has 0 fully saturated rings. The van der Waals surface area contributed by atoms with Gasteiger partial charge in [0.05, 0.1) is 0 Å². The Bertz CT molecular complexity index is 253. The summed E-state index contributed by atoms with van der Waals surface area (Å²) in [4.78, 5) is 12.9. The van der Waals surface area contributed by atoms with E-state index in [4.69, 9.17) is 0 Å². The molecule has 0 aromatic carbocycles. The lowest BCUT2D eigenvalue weighted by Crippen LogP contribution is -2.28. The lowest BCUT2D eigenvalue weighted by Gasteiger charge is -2.16. The van der Waals surface area contributed by atoms with E-state index >= 15 is 0 Å². The summed E-state index contributed by atoms with van der Waals surface area (Å²) in [6, 6.07) is 0. The molecule has 16 heavy (non-hydrogen) atoms. The third-order valence-electron chi connectivity index (χ3n) is 2.19. The molecule has 0 spiro atoms. The van der Waals surface area contributed by atoms with Crippen molar-refractivity contribution in [1.82, 2.24) is 4.90 Å². The van der Waals surface area contributed by atoms with E-state index in [0.29, 0.717) is 13.1 Å². The number of allylic oxidation sites excluding steroid dienone is 3. The first-order chi connectivity index (χ1) is 7.72. The van der Waals surface area contributed by atoms with E-state index in [0.717, 1.165) is 19.3 Å². The Hall–Kier alpha value is -1.31. The molecule has 90 valence electrons. The van der Waals surface area contributed by atoms with E-state index in [9.17, 15) is 4.79 Å². The number of nitrogens with zero attached hydrogens (tertiary/aromatic N) is 1. The van der Waals surface area contributed by atoms with Crippen LogP contribution in [0.5, 0.6) is 0 Å². The lowest BCUT2D eigenvalue weighted by molar-refractivity contribution is -0.127. The van der Waals surface area contributed by atoms with E-state index in [1.165, 1.54) is 0 Å². The van der Waals surface area contributed by atoms with E-state index in [1.807, 2.05) is 6.08 Å². The van der Waals surface area contributed by atoms with Crippen molar-refractivity contribution < 1.29 is 4.79 Å². The average Bonchev–Trinajstić information content (AvgIpc) is 2.26. The molecule has 0 aliphatic heterocycles. The zero-order valence-corrected chi connectivity index (χ0v) is 10.5. The van der Waals surface area contributed by atoms with Gasteiger partial charge in [-0.15, -0.1) is 6.58 Å². The average molecular weight is 221 g/mol. The second kappa shape index (κ2) is 10.2. The molecular weight excluding hydrogens is 198 g/mol. The minimum Gasteiger partial charge on any atom is -0.336 e. The van der Waals surface area contributed by atoms with Crippen LogP contribution in [0.25, 0.3) is 0 Å². The van der Waals surface area contributed by atoms with E-state index in [2.05, 4.69) is 31.7 Å². The molecule has 0 heterocycles. The third kappa shape index (κ3) is 8.04. The molecule has 2 heteroatoms. The van der Waals surface area contributed by atoms with Crippen LogP contribution in [-0.2, 0) is 4.79 Å². The van der Waals surface area contributed by atoms with Crippen LogP contribution >= 0.6 is 0 Å². The minimum absolute atomic E-state index is 0.0930. The highest BCUT2D eigenvalue weighted by molar-refractivity contribution is 5.73. The second-order valence-corrected chi connectivity index (χ2v) is 3.64. The number of carbonyl (C=O) groups excluding carboxylic acids is 1. The Labute approximate surface area is 99.3 Å². The van der Waals surface area contributed by atoms with Gasteiger partial charge >= 0.3 is 0 Å². The molecule has 0 saturated carbocycles.